The maximum atomic E-state index is 10.3. The summed E-state index contributed by atoms with van der Waals surface area (Å²) in [4.78, 5) is 10.3. The van der Waals surface area contributed by atoms with Gasteiger partial charge in [0.25, 0.3) is 0 Å². The van der Waals surface area contributed by atoms with Crippen LogP contribution in [-0.2, 0) is 23.7 Å². The van der Waals surface area contributed by atoms with Gasteiger partial charge < -0.3 is 24.1 Å². The SMILES string of the molecule is CCCCCCCCCCCCCCCOCCOCCOCCOCCC(=O)O. The van der Waals surface area contributed by atoms with Gasteiger partial charge in [0, 0.05) is 6.61 Å². The Morgan fingerprint density at radius 3 is 1.23 bits per heavy atom. The van der Waals surface area contributed by atoms with Gasteiger partial charge in [0.05, 0.1) is 52.7 Å². The number of rotatable bonds is 26. The fourth-order valence-electron chi connectivity index (χ4n) is 3.14. The summed E-state index contributed by atoms with van der Waals surface area (Å²) in [6, 6.07) is 0. The van der Waals surface area contributed by atoms with E-state index in [0.29, 0.717) is 39.6 Å². The van der Waals surface area contributed by atoms with Crippen molar-refractivity contribution in [2.24, 2.45) is 0 Å². The number of hydrogen-bond donors (Lipinski definition) is 1. The zero-order valence-electron chi connectivity index (χ0n) is 19.5. The first-order chi connectivity index (χ1) is 14.8. The first kappa shape index (κ1) is 29.3. The fourth-order valence-corrected chi connectivity index (χ4v) is 3.14. The molecule has 6 nitrogen and oxygen atoms in total. The lowest BCUT2D eigenvalue weighted by molar-refractivity contribution is -0.138. The molecule has 0 atom stereocenters. The van der Waals surface area contributed by atoms with Crippen LogP contribution < -0.4 is 0 Å². The molecule has 0 amide bonds. The number of carboxylic acid groups (broad SMARTS) is 1. The van der Waals surface area contributed by atoms with Gasteiger partial charge in [0.15, 0.2) is 0 Å². The number of unbranched alkanes of at least 4 members (excludes halogenated alkanes) is 12. The highest BCUT2D eigenvalue weighted by atomic mass is 16.6. The quantitative estimate of drug-likeness (QED) is 0.179. The highest BCUT2D eigenvalue weighted by Gasteiger charge is 1.97. The van der Waals surface area contributed by atoms with Crippen LogP contribution in [0.5, 0.6) is 0 Å². The van der Waals surface area contributed by atoms with Crippen LogP contribution in [0.15, 0.2) is 0 Å². The summed E-state index contributed by atoms with van der Waals surface area (Å²) >= 11 is 0. The van der Waals surface area contributed by atoms with Crippen LogP contribution in [-0.4, -0.2) is 63.9 Å². The standard InChI is InChI=1S/C24H48O6/c1-2-3-4-5-6-7-8-9-10-11-12-13-14-16-27-18-20-29-22-23-30-21-19-28-17-15-24(25)26/h2-23H2,1H3,(H,25,26). The first-order valence-corrected chi connectivity index (χ1v) is 12.3. The molecule has 0 fully saturated rings. The van der Waals surface area contributed by atoms with Crippen molar-refractivity contribution in [1.82, 2.24) is 0 Å². The van der Waals surface area contributed by atoms with Gasteiger partial charge in [-0.1, -0.05) is 84.0 Å². The normalized spacial score (nSPS) is 11.2. The van der Waals surface area contributed by atoms with Crippen LogP contribution in [0.2, 0.25) is 0 Å². The van der Waals surface area contributed by atoms with E-state index in [0.717, 1.165) is 13.0 Å². The minimum atomic E-state index is -0.847. The number of carboxylic acids is 1. The van der Waals surface area contributed by atoms with Crippen molar-refractivity contribution in [3.8, 4) is 0 Å². The van der Waals surface area contributed by atoms with Gasteiger partial charge in [-0.15, -0.1) is 0 Å². The smallest absolute Gasteiger partial charge is 0.305 e. The highest BCUT2D eigenvalue weighted by molar-refractivity contribution is 5.66. The minimum Gasteiger partial charge on any atom is -0.481 e. The largest absolute Gasteiger partial charge is 0.481 e. The van der Waals surface area contributed by atoms with E-state index in [1.54, 1.807) is 0 Å². The van der Waals surface area contributed by atoms with Gasteiger partial charge in [-0.2, -0.15) is 0 Å². The van der Waals surface area contributed by atoms with Gasteiger partial charge in [0.2, 0.25) is 0 Å². The molecule has 0 saturated heterocycles. The van der Waals surface area contributed by atoms with Crippen LogP contribution in [0.1, 0.15) is 96.8 Å². The molecule has 0 aromatic rings. The Labute approximate surface area is 185 Å². The zero-order chi connectivity index (χ0) is 22.0. The monoisotopic (exact) mass is 432 g/mol. The Kier molecular flexibility index (Phi) is 25.7. The van der Waals surface area contributed by atoms with Gasteiger partial charge in [-0.25, -0.2) is 0 Å². The lowest BCUT2D eigenvalue weighted by atomic mass is 10.0. The Morgan fingerprint density at radius 2 is 0.833 bits per heavy atom. The van der Waals surface area contributed by atoms with Crippen molar-refractivity contribution in [2.75, 3.05) is 52.9 Å². The Hall–Kier alpha value is -0.690. The molecule has 0 saturated carbocycles. The van der Waals surface area contributed by atoms with Crippen molar-refractivity contribution in [3.05, 3.63) is 0 Å². The minimum absolute atomic E-state index is 0.0302. The van der Waals surface area contributed by atoms with E-state index < -0.39 is 5.97 Å². The summed E-state index contributed by atoms with van der Waals surface area (Å²) in [5.74, 6) is -0.847. The average molecular weight is 433 g/mol. The highest BCUT2D eigenvalue weighted by Crippen LogP contribution is 2.12. The molecule has 30 heavy (non-hydrogen) atoms. The molecular weight excluding hydrogens is 384 g/mol. The molecule has 0 spiro atoms. The predicted octanol–water partition coefficient (Wildman–Crippen LogP) is 5.62. The summed E-state index contributed by atoms with van der Waals surface area (Å²) in [6.45, 7) is 6.48. The number of carbonyl (C=O) groups is 1. The van der Waals surface area contributed by atoms with E-state index in [-0.39, 0.29) is 13.0 Å². The number of aliphatic carboxylic acids is 1. The van der Waals surface area contributed by atoms with Crippen molar-refractivity contribution in [1.29, 1.82) is 0 Å². The van der Waals surface area contributed by atoms with Gasteiger partial charge >= 0.3 is 5.97 Å². The summed E-state index contributed by atoms with van der Waals surface area (Å²) in [5.41, 5.74) is 0. The van der Waals surface area contributed by atoms with Crippen molar-refractivity contribution in [3.63, 3.8) is 0 Å². The molecule has 0 heterocycles. The van der Waals surface area contributed by atoms with Crippen LogP contribution in [0.25, 0.3) is 0 Å². The topological polar surface area (TPSA) is 74.2 Å². The number of hydrogen-bond acceptors (Lipinski definition) is 5. The van der Waals surface area contributed by atoms with Crippen LogP contribution in [0.4, 0.5) is 0 Å². The summed E-state index contributed by atoms with van der Waals surface area (Å²) in [6.07, 6.45) is 17.8. The molecule has 180 valence electrons. The predicted molar refractivity (Wildman–Crippen MR) is 121 cm³/mol. The van der Waals surface area contributed by atoms with Crippen LogP contribution in [0.3, 0.4) is 0 Å². The molecule has 0 aliphatic heterocycles. The summed E-state index contributed by atoms with van der Waals surface area (Å²) in [5, 5.41) is 8.46. The summed E-state index contributed by atoms with van der Waals surface area (Å²) in [7, 11) is 0. The third-order valence-electron chi connectivity index (χ3n) is 4.97. The third kappa shape index (κ3) is 27.3. The van der Waals surface area contributed by atoms with Crippen LogP contribution >= 0.6 is 0 Å². The molecule has 0 aliphatic rings. The second kappa shape index (κ2) is 26.3. The van der Waals surface area contributed by atoms with E-state index in [4.69, 9.17) is 24.1 Å². The lowest BCUT2D eigenvalue weighted by Crippen LogP contribution is -2.12. The van der Waals surface area contributed by atoms with Crippen molar-refractivity contribution < 1.29 is 28.8 Å². The molecular formula is C24H48O6. The van der Waals surface area contributed by atoms with Gasteiger partial charge in [-0.05, 0) is 6.42 Å². The van der Waals surface area contributed by atoms with Gasteiger partial charge in [-0.3, -0.25) is 4.79 Å². The zero-order valence-corrected chi connectivity index (χ0v) is 19.5. The molecule has 0 bridgehead atoms. The molecule has 0 radical (unpaired) electrons. The fraction of sp³-hybridized carbons (Fsp3) is 0.958. The second-order valence-corrected chi connectivity index (χ2v) is 7.84. The molecule has 0 aliphatic carbocycles. The van der Waals surface area contributed by atoms with E-state index in [1.807, 2.05) is 0 Å². The lowest BCUT2D eigenvalue weighted by Gasteiger charge is -2.07. The van der Waals surface area contributed by atoms with E-state index in [1.165, 1.54) is 77.0 Å². The molecule has 1 N–H and O–H groups in total. The Morgan fingerprint density at radius 1 is 0.500 bits per heavy atom. The number of ether oxygens (including phenoxy) is 4. The van der Waals surface area contributed by atoms with Gasteiger partial charge in [0.1, 0.15) is 0 Å². The molecule has 0 aromatic heterocycles. The maximum absolute atomic E-state index is 10.3. The molecule has 6 heteroatoms. The van der Waals surface area contributed by atoms with E-state index in [2.05, 4.69) is 6.92 Å². The van der Waals surface area contributed by atoms with E-state index in [9.17, 15) is 4.79 Å². The summed E-state index contributed by atoms with van der Waals surface area (Å²) < 4.78 is 21.5. The molecule has 0 unspecified atom stereocenters. The van der Waals surface area contributed by atoms with Crippen molar-refractivity contribution in [2.45, 2.75) is 96.8 Å². The second-order valence-electron chi connectivity index (χ2n) is 7.84. The van der Waals surface area contributed by atoms with E-state index >= 15 is 0 Å². The van der Waals surface area contributed by atoms with Crippen LogP contribution in [0, 0.1) is 0 Å². The first-order valence-electron chi connectivity index (χ1n) is 12.3. The third-order valence-corrected chi connectivity index (χ3v) is 4.97. The molecule has 0 rings (SSSR count). The maximum Gasteiger partial charge on any atom is 0.305 e. The van der Waals surface area contributed by atoms with Crippen molar-refractivity contribution >= 4 is 5.97 Å². The molecule has 0 aromatic carbocycles. The Balaban J connectivity index is 2.99. The Bertz CT molecular complexity index is 338. The average Bonchev–Trinajstić information content (AvgIpc) is 2.73.